The summed E-state index contributed by atoms with van der Waals surface area (Å²) in [4.78, 5) is 17.5. The fourth-order valence-corrected chi connectivity index (χ4v) is 4.28. The standard InChI is InChI=1S/C26H31FN6O3/c1-25(2,35)23(27)15-30-24(34)19-14-29-21(11-20(19)32-17-6-8-26(3,36)9-7-17)22-5-4-18-10-16(12-28)13-31-33(18)22/h4-5,10-11,13-14,17,23,35-36H,6-9,15H2,1-3H3,(H,29,32)(H,30,34)/t17?,23-,26?/m1/s1. The molecule has 1 amide bonds. The van der Waals surface area contributed by atoms with Crippen molar-refractivity contribution in [1.82, 2.24) is 19.9 Å². The van der Waals surface area contributed by atoms with Crippen LogP contribution < -0.4 is 10.6 Å². The van der Waals surface area contributed by atoms with Crippen LogP contribution >= 0.6 is 0 Å². The molecule has 0 saturated heterocycles. The molecular weight excluding hydrogens is 463 g/mol. The van der Waals surface area contributed by atoms with E-state index in [2.05, 4.69) is 26.8 Å². The van der Waals surface area contributed by atoms with Gasteiger partial charge in [0.15, 0.2) is 0 Å². The summed E-state index contributed by atoms with van der Waals surface area (Å²) in [5.74, 6) is -0.511. The van der Waals surface area contributed by atoms with Gasteiger partial charge >= 0.3 is 0 Å². The Morgan fingerprint density at radius 2 is 2.06 bits per heavy atom. The van der Waals surface area contributed by atoms with Crippen LogP contribution in [0.25, 0.3) is 16.9 Å². The van der Waals surface area contributed by atoms with Gasteiger partial charge < -0.3 is 20.8 Å². The van der Waals surface area contributed by atoms with Crippen molar-refractivity contribution in [2.75, 3.05) is 11.9 Å². The van der Waals surface area contributed by atoms with Gasteiger partial charge in [0.2, 0.25) is 0 Å². The van der Waals surface area contributed by atoms with Crippen molar-refractivity contribution >= 4 is 17.1 Å². The van der Waals surface area contributed by atoms with E-state index >= 15 is 0 Å². The van der Waals surface area contributed by atoms with E-state index in [1.807, 2.05) is 19.1 Å². The molecule has 3 aromatic heterocycles. The number of carbonyl (C=O) groups is 1. The first-order chi connectivity index (χ1) is 17.0. The van der Waals surface area contributed by atoms with Crippen molar-refractivity contribution in [1.29, 1.82) is 5.26 Å². The molecule has 0 aromatic carbocycles. The number of aliphatic hydroxyl groups is 2. The number of anilines is 1. The number of amides is 1. The third-order valence-corrected chi connectivity index (χ3v) is 6.67. The molecule has 3 heterocycles. The van der Waals surface area contributed by atoms with Gasteiger partial charge in [-0.1, -0.05) is 0 Å². The number of fused-ring (bicyclic) bond motifs is 1. The molecule has 4 N–H and O–H groups in total. The lowest BCUT2D eigenvalue weighted by Crippen LogP contribution is -2.42. The predicted molar refractivity (Wildman–Crippen MR) is 133 cm³/mol. The molecule has 1 fully saturated rings. The van der Waals surface area contributed by atoms with Crippen molar-refractivity contribution in [2.45, 2.75) is 69.9 Å². The van der Waals surface area contributed by atoms with E-state index in [0.29, 0.717) is 35.5 Å². The van der Waals surface area contributed by atoms with Crippen LogP contribution in [0.3, 0.4) is 0 Å². The van der Waals surface area contributed by atoms with Crippen molar-refractivity contribution in [3.05, 3.63) is 47.8 Å². The number of rotatable bonds is 7. The lowest BCUT2D eigenvalue weighted by molar-refractivity contribution is -0.00178. The van der Waals surface area contributed by atoms with Crippen molar-refractivity contribution < 1.29 is 19.4 Å². The number of nitrogens with one attached hydrogen (secondary N) is 2. The molecule has 0 bridgehead atoms. The fourth-order valence-electron chi connectivity index (χ4n) is 4.28. The summed E-state index contributed by atoms with van der Waals surface area (Å²) in [6.45, 7) is 4.18. The van der Waals surface area contributed by atoms with Crippen LogP contribution in [0.1, 0.15) is 62.4 Å². The monoisotopic (exact) mass is 494 g/mol. The van der Waals surface area contributed by atoms with Gasteiger partial charge in [-0.25, -0.2) is 8.91 Å². The van der Waals surface area contributed by atoms with Crippen LogP contribution in [0.2, 0.25) is 0 Å². The van der Waals surface area contributed by atoms with Crippen LogP contribution in [0, 0.1) is 11.3 Å². The maximum atomic E-state index is 14.2. The Hall–Kier alpha value is -3.55. The molecule has 10 heteroatoms. The molecule has 3 aromatic rings. The molecular formula is C26H31FN6O3. The van der Waals surface area contributed by atoms with Crippen LogP contribution in [0.4, 0.5) is 10.1 Å². The lowest BCUT2D eigenvalue weighted by atomic mass is 9.83. The number of pyridine rings is 1. The Balaban J connectivity index is 1.65. The third kappa shape index (κ3) is 5.64. The summed E-state index contributed by atoms with van der Waals surface area (Å²) in [6, 6.07) is 9.26. The number of halogens is 1. The van der Waals surface area contributed by atoms with Crippen LogP contribution in [0.15, 0.2) is 36.7 Å². The summed E-state index contributed by atoms with van der Waals surface area (Å²) < 4.78 is 15.9. The summed E-state index contributed by atoms with van der Waals surface area (Å²) in [6.07, 6.45) is 3.99. The molecule has 36 heavy (non-hydrogen) atoms. The van der Waals surface area contributed by atoms with E-state index in [1.165, 1.54) is 26.2 Å². The second kappa shape index (κ2) is 9.84. The van der Waals surface area contributed by atoms with Crippen LogP contribution in [-0.4, -0.2) is 60.7 Å². The number of alkyl halides is 1. The zero-order valence-corrected chi connectivity index (χ0v) is 20.6. The van der Waals surface area contributed by atoms with Crippen molar-refractivity contribution in [2.24, 2.45) is 0 Å². The smallest absolute Gasteiger partial charge is 0.255 e. The Labute approximate surface area is 209 Å². The molecule has 1 aliphatic carbocycles. The van der Waals surface area contributed by atoms with Gasteiger partial charge in [-0.15, -0.1) is 0 Å². The highest BCUT2D eigenvalue weighted by Gasteiger charge is 2.30. The number of hydrogen-bond acceptors (Lipinski definition) is 7. The number of carbonyl (C=O) groups excluding carboxylic acids is 1. The number of aromatic nitrogens is 3. The number of nitriles is 1. The van der Waals surface area contributed by atoms with Crippen molar-refractivity contribution in [3.63, 3.8) is 0 Å². The molecule has 4 rings (SSSR count). The molecule has 0 radical (unpaired) electrons. The lowest BCUT2D eigenvalue weighted by Gasteiger charge is -2.34. The van der Waals surface area contributed by atoms with E-state index in [4.69, 9.17) is 5.26 Å². The van der Waals surface area contributed by atoms with E-state index in [0.717, 1.165) is 18.4 Å². The first kappa shape index (κ1) is 25.5. The Kier molecular flexibility index (Phi) is 6.98. The topological polar surface area (TPSA) is 136 Å². The SMILES string of the molecule is CC1(O)CCC(Nc2cc(-c3ccc4cc(C#N)cnn34)ncc2C(=O)NC[C@@H](F)C(C)(C)O)CC1. The van der Waals surface area contributed by atoms with E-state index in [1.54, 1.807) is 16.6 Å². The first-order valence-electron chi connectivity index (χ1n) is 12.0. The quantitative estimate of drug-likeness (QED) is 0.396. The second-order valence-electron chi connectivity index (χ2n) is 10.3. The zero-order chi connectivity index (χ0) is 26.1. The molecule has 1 saturated carbocycles. The molecule has 9 nitrogen and oxygen atoms in total. The molecule has 1 aliphatic rings. The normalized spacial score (nSPS) is 21.1. The fraction of sp³-hybridized carbons (Fsp3) is 0.462. The zero-order valence-electron chi connectivity index (χ0n) is 20.6. The Morgan fingerprint density at radius 3 is 2.72 bits per heavy atom. The summed E-state index contributed by atoms with van der Waals surface area (Å²) in [7, 11) is 0. The molecule has 0 unspecified atom stereocenters. The van der Waals surface area contributed by atoms with E-state index in [-0.39, 0.29) is 18.2 Å². The average Bonchev–Trinajstić information content (AvgIpc) is 3.26. The summed E-state index contributed by atoms with van der Waals surface area (Å²) >= 11 is 0. The highest BCUT2D eigenvalue weighted by atomic mass is 19.1. The summed E-state index contributed by atoms with van der Waals surface area (Å²) in [5.41, 5.74) is 0.927. The van der Waals surface area contributed by atoms with Gasteiger partial charge in [0.05, 0.1) is 57.7 Å². The second-order valence-corrected chi connectivity index (χ2v) is 10.3. The highest BCUT2D eigenvalue weighted by molar-refractivity contribution is 6.00. The van der Waals surface area contributed by atoms with Gasteiger partial charge in [-0.2, -0.15) is 10.4 Å². The maximum Gasteiger partial charge on any atom is 0.255 e. The molecule has 0 spiro atoms. The van der Waals surface area contributed by atoms with Crippen LogP contribution in [-0.2, 0) is 0 Å². The van der Waals surface area contributed by atoms with E-state index in [9.17, 15) is 19.4 Å². The molecule has 190 valence electrons. The Morgan fingerprint density at radius 1 is 1.33 bits per heavy atom. The number of nitrogens with zero attached hydrogens (tertiary/aromatic N) is 4. The minimum Gasteiger partial charge on any atom is -0.390 e. The van der Waals surface area contributed by atoms with Crippen molar-refractivity contribution in [3.8, 4) is 17.5 Å². The van der Waals surface area contributed by atoms with E-state index < -0.39 is 23.3 Å². The highest BCUT2D eigenvalue weighted by Crippen LogP contribution is 2.32. The first-order valence-corrected chi connectivity index (χ1v) is 12.0. The largest absolute Gasteiger partial charge is 0.390 e. The third-order valence-electron chi connectivity index (χ3n) is 6.67. The summed E-state index contributed by atoms with van der Waals surface area (Å²) in [5, 5.41) is 39.6. The molecule has 1 atom stereocenters. The van der Waals surface area contributed by atoms with Gasteiger partial charge in [0.25, 0.3) is 5.91 Å². The van der Waals surface area contributed by atoms with Gasteiger partial charge in [0, 0.05) is 12.2 Å². The maximum absolute atomic E-state index is 14.2. The Bertz CT molecular complexity index is 1300. The average molecular weight is 495 g/mol. The minimum atomic E-state index is -1.64. The molecule has 0 aliphatic heterocycles. The number of hydrogen-bond donors (Lipinski definition) is 4. The predicted octanol–water partition coefficient (Wildman–Crippen LogP) is 3.21. The van der Waals surface area contributed by atoms with Gasteiger partial charge in [0.1, 0.15) is 12.2 Å². The van der Waals surface area contributed by atoms with Gasteiger partial charge in [-0.3, -0.25) is 9.78 Å². The van der Waals surface area contributed by atoms with Gasteiger partial charge in [-0.05, 0) is 70.7 Å². The van der Waals surface area contributed by atoms with Crippen LogP contribution in [0.5, 0.6) is 0 Å². The minimum absolute atomic E-state index is 0.0395.